The number of methoxy groups -OCH3 is 2. The minimum atomic E-state index is -0.284. The third kappa shape index (κ3) is 12.6. The summed E-state index contributed by atoms with van der Waals surface area (Å²) in [6, 6.07) is 21.8. The number of para-hydroxylation sites is 1. The fraction of sp³-hybridized carbons (Fsp3) is 0.525. The number of rotatable bonds is 23. The van der Waals surface area contributed by atoms with Gasteiger partial charge >= 0.3 is 0 Å². The van der Waals surface area contributed by atoms with Gasteiger partial charge in [0.05, 0.1) is 57.2 Å². The first kappa shape index (κ1) is 40.9. The molecule has 2 N–H and O–H groups in total. The predicted octanol–water partition coefficient (Wildman–Crippen LogP) is 5.58. The molecule has 1 amide bonds. The smallest absolute Gasteiger partial charge is 0.222 e. The molecular weight excluding hydrogens is 696 g/mol. The van der Waals surface area contributed by atoms with E-state index in [1.807, 2.05) is 59.5 Å². The van der Waals surface area contributed by atoms with E-state index in [0.29, 0.717) is 78.5 Å². The molecule has 14 heteroatoms. The lowest BCUT2D eigenvalue weighted by Crippen LogP contribution is -2.57. The molecule has 1 saturated heterocycles. The van der Waals surface area contributed by atoms with Crippen molar-refractivity contribution < 1.29 is 48.5 Å². The lowest BCUT2D eigenvalue weighted by Gasteiger charge is -2.42. The van der Waals surface area contributed by atoms with Gasteiger partial charge in [0, 0.05) is 70.1 Å². The van der Waals surface area contributed by atoms with Gasteiger partial charge in [-0.15, -0.1) is 0 Å². The van der Waals surface area contributed by atoms with Crippen LogP contribution >= 0.6 is 0 Å². The number of carbonyl (C=O) groups excluding carboxylic acids is 1. The zero-order valence-electron chi connectivity index (χ0n) is 31.6. The maximum Gasteiger partial charge on any atom is 0.222 e. The number of hydrogen-bond donors (Lipinski definition) is 2. The second-order valence-electron chi connectivity index (χ2n) is 13.3. The van der Waals surface area contributed by atoms with Crippen LogP contribution in [0.4, 0.5) is 11.4 Å². The van der Waals surface area contributed by atoms with Crippen molar-refractivity contribution in [2.24, 2.45) is 0 Å². The van der Waals surface area contributed by atoms with E-state index in [-0.39, 0.29) is 23.9 Å². The standard InChI is InChI=1S/C40H56N4O10/c1-48-23-8-19-41-22-27-52-39-18-17-36(28-37(39)41)53-31-34-29-42(40(45)12-4-3-7-26-54-44(46)47)20-21-43(34)33-13-15-35(16-14-33)51-25-9-24-50-30-32-10-5-6-11-38(32)49-2/h5-6,10-11,13-18,28,34,46-47H,3-4,7-9,12,19-27,29-31H2,1-2H3/t34-/m1/s1. The van der Waals surface area contributed by atoms with E-state index in [1.54, 1.807) is 14.2 Å². The molecule has 0 saturated carbocycles. The first-order valence-corrected chi connectivity index (χ1v) is 18.9. The Morgan fingerprint density at radius 1 is 0.852 bits per heavy atom. The highest BCUT2D eigenvalue weighted by molar-refractivity contribution is 5.76. The van der Waals surface area contributed by atoms with E-state index in [2.05, 4.69) is 26.8 Å². The molecule has 14 nitrogen and oxygen atoms in total. The molecule has 0 bridgehead atoms. The van der Waals surface area contributed by atoms with Crippen molar-refractivity contribution in [1.29, 1.82) is 0 Å². The van der Waals surface area contributed by atoms with Gasteiger partial charge in [-0.2, -0.15) is 0 Å². The van der Waals surface area contributed by atoms with Crippen molar-refractivity contribution >= 4 is 17.3 Å². The fourth-order valence-electron chi connectivity index (χ4n) is 6.68. The average Bonchev–Trinajstić information content (AvgIpc) is 3.20. The molecule has 3 aromatic carbocycles. The minimum absolute atomic E-state index is 0.0894. The molecule has 0 spiro atoms. The maximum atomic E-state index is 13.3. The van der Waals surface area contributed by atoms with Crippen LogP contribution in [0.2, 0.25) is 0 Å². The molecule has 3 aromatic rings. The van der Waals surface area contributed by atoms with Crippen LogP contribution in [-0.4, -0.2) is 119 Å². The predicted molar refractivity (Wildman–Crippen MR) is 203 cm³/mol. The van der Waals surface area contributed by atoms with Crippen LogP contribution in [0.5, 0.6) is 23.0 Å². The molecule has 54 heavy (non-hydrogen) atoms. The van der Waals surface area contributed by atoms with E-state index in [4.69, 9.17) is 38.8 Å². The first-order chi connectivity index (χ1) is 26.4. The minimum Gasteiger partial charge on any atom is -0.496 e. The molecule has 296 valence electrons. The van der Waals surface area contributed by atoms with Crippen LogP contribution in [0, 0.1) is 0 Å². The topological polar surface area (TPSA) is 135 Å². The SMILES string of the molecule is COCCCN1CCOc2ccc(OC[C@H]3CN(C(=O)CCCCCON(O)O)CCN3c3ccc(OCCCOCc4ccccc4OC)cc3)cc21. The van der Waals surface area contributed by atoms with Gasteiger partial charge < -0.3 is 43.1 Å². The molecule has 0 aromatic heterocycles. The Kier molecular flexibility index (Phi) is 16.8. The summed E-state index contributed by atoms with van der Waals surface area (Å²) >= 11 is 0. The van der Waals surface area contributed by atoms with Crippen molar-refractivity contribution in [3.05, 3.63) is 72.3 Å². The van der Waals surface area contributed by atoms with Gasteiger partial charge in [0.15, 0.2) is 0 Å². The quantitative estimate of drug-likeness (QED) is 0.0923. The Labute approximate surface area is 318 Å². The average molecular weight is 753 g/mol. The van der Waals surface area contributed by atoms with E-state index >= 15 is 0 Å². The molecule has 0 unspecified atom stereocenters. The first-order valence-electron chi connectivity index (χ1n) is 18.9. The summed E-state index contributed by atoms with van der Waals surface area (Å²) in [6.45, 7) is 6.94. The molecular formula is C40H56N4O10. The van der Waals surface area contributed by atoms with Crippen molar-refractivity contribution in [3.8, 4) is 23.0 Å². The van der Waals surface area contributed by atoms with Crippen LogP contribution in [0.1, 0.15) is 44.1 Å². The van der Waals surface area contributed by atoms with Crippen LogP contribution in [0.25, 0.3) is 0 Å². The molecule has 2 heterocycles. The van der Waals surface area contributed by atoms with E-state index in [1.165, 1.54) is 0 Å². The zero-order chi connectivity index (χ0) is 38.0. The number of unbranched alkanes of at least 4 members (excludes halogenated alkanes) is 2. The van der Waals surface area contributed by atoms with Crippen molar-refractivity contribution in [3.63, 3.8) is 0 Å². The molecule has 1 fully saturated rings. The number of nitrogens with zero attached hydrogens (tertiary/aromatic N) is 4. The lowest BCUT2D eigenvalue weighted by molar-refractivity contribution is -0.492. The summed E-state index contributed by atoms with van der Waals surface area (Å²) in [5, 5.41) is 17.1. The Hall–Kier alpha value is -4.31. The highest BCUT2D eigenvalue weighted by Crippen LogP contribution is 2.35. The number of amides is 1. The summed E-state index contributed by atoms with van der Waals surface area (Å²) in [7, 11) is 3.38. The lowest BCUT2D eigenvalue weighted by atomic mass is 10.1. The number of benzene rings is 3. The van der Waals surface area contributed by atoms with Gasteiger partial charge in [-0.3, -0.25) is 20.0 Å². The Morgan fingerprint density at radius 2 is 1.69 bits per heavy atom. The highest BCUT2D eigenvalue weighted by atomic mass is 17.1. The number of fused-ring (bicyclic) bond motifs is 1. The largest absolute Gasteiger partial charge is 0.496 e. The monoisotopic (exact) mass is 752 g/mol. The van der Waals surface area contributed by atoms with Crippen LogP contribution in [0.3, 0.4) is 0 Å². The molecule has 2 aliphatic rings. The molecule has 5 rings (SSSR count). The van der Waals surface area contributed by atoms with E-state index in [9.17, 15) is 4.79 Å². The number of ether oxygens (including phenoxy) is 6. The van der Waals surface area contributed by atoms with Crippen LogP contribution in [-0.2, 0) is 25.7 Å². The van der Waals surface area contributed by atoms with Crippen molar-refractivity contribution in [1.82, 2.24) is 10.3 Å². The Bertz CT molecular complexity index is 1550. The summed E-state index contributed by atoms with van der Waals surface area (Å²) < 4.78 is 34.9. The van der Waals surface area contributed by atoms with Crippen molar-refractivity contribution in [2.75, 3.05) is 96.4 Å². The molecule has 0 radical (unpaired) electrons. The fourth-order valence-corrected chi connectivity index (χ4v) is 6.68. The number of anilines is 2. The van der Waals surface area contributed by atoms with Gasteiger partial charge in [-0.25, -0.2) is 0 Å². The second kappa shape index (κ2) is 22.2. The van der Waals surface area contributed by atoms with Gasteiger partial charge in [0.25, 0.3) is 0 Å². The number of carbonyl (C=O) groups is 1. The normalized spacial score (nSPS) is 15.6. The summed E-state index contributed by atoms with van der Waals surface area (Å²) in [6.07, 6.45) is 4.13. The van der Waals surface area contributed by atoms with Gasteiger partial charge in [-0.05, 0) is 61.7 Å². The van der Waals surface area contributed by atoms with Crippen molar-refractivity contribution in [2.45, 2.75) is 51.2 Å². The van der Waals surface area contributed by atoms with Gasteiger partial charge in [-0.1, -0.05) is 24.6 Å². The van der Waals surface area contributed by atoms with E-state index in [0.717, 1.165) is 72.3 Å². The number of piperazine rings is 1. The summed E-state index contributed by atoms with van der Waals surface area (Å²) in [5.41, 5.74) is 3.07. The Morgan fingerprint density at radius 3 is 2.50 bits per heavy atom. The molecule has 1 atom stereocenters. The number of hydrogen-bond acceptors (Lipinski definition) is 13. The third-order valence-electron chi connectivity index (χ3n) is 9.51. The van der Waals surface area contributed by atoms with E-state index < -0.39 is 0 Å². The van der Waals surface area contributed by atoms with Crippen LogP contribution < -0.4 is 28.7 Å². The highest BCUT2D eigenvalue weighted by Gasteiger charge is 2.30. The van der Waals surface area contributed by atoms with Gasteiger partial charge in [0.1, 0.15) is 36.2 Å². The van der Waals surface area contributed by atoms with Gasteiger partial charge in [0.2, 0.25) is 5.91 Å². The summed E-state index contributed by atoms with van der Waals surface area (Å²) in [4.78, 5) is 24.5. The summed E-state index contributed by atoms with van der Waals surface area (Å²) in [5.74, 6) is 3.30. The maximum absolute atomic E-state index is 13.3. The van der Waals surface area contributed by atoms with Crippen LogP contribution in [0.15, 0.2) is 66.7 Å². The second-order valence-corrected chi connectivity index (χ2v) is 13.3. The molecule has 0 aliphatic carbocycles. The Balaban J connectivity index is 1.16. The third-order valence-corrected chi connectivity index (χ3v) is 9.51. The zero-order valence-corrected chi connectivity index (χ0v) is 31.6. The molecule has 2 aliphatic heterocycles.